The maximum absolute atomic E-state index is 12.6. The number of hydrogen-bond acceptors (Lipinski definition) is 3. The number of rotatable bonds is 5. The largest absolute Gasteiger partial charge is 0.321 e. The molecule has 1 saturated carbocycles. The number of carbonyl (C=O) groups excluding carboxylic acids is 1. The number of thiophene rings is 1. The fourth-order valence-electron chi connectivity index (χ4n) is 2.92. The molecule has 1 saturated heterocycles. The summed E-state index contributed by atoms with van der Waals surface area (Å²) in [6, 6.07) is 4.28. The van der Waals surface area contributed by atoms with Crippen LogP contribution in [0.5, 0.6) is 0 Å². The summed E-state index contributed by atoms with van der Waals surface area (Å²) in [6.07, 6.45) is 3.96. The summed E-state index contributed by atoms with van der Waals surface area (Å²) in [5.74, 6) is 1.50. The first-order valence-electron chi connectivity index (χ1n) is 7.69. The maximum atomic E-state index is 12.6. The highest BCUT2D eigenvalue weighted by atomic mass is 32.1. The molecule has 2 fully saturated rings. The first-order chi connectivity index (χ1) is 9.56. The summed E-state index contributed by atoms with van der Waals surface area (Å²) >= 11 is 1.80. The number of carbonyl (C=O) groups is 1. The van der Waals surface area contributed by atoms with Crippen LogP contribution in [0.4, 0.5) is 0 Å². The fourth-order valence-corrected chi connectivity index (χ4v) is 3.87. The van der Waals surface area contributed by atoms with Gasteiger partial charge in [-0.25, -0.2) is 0 Å². The minimum atomic E-state index is -0.0263. The van der Waals surface area contributed by atoms with Crippen LogP contribution in [0, 0.1) is 18.8 Å². The van der Waals surface area contributed by atoms with Gasteiger partial charge in [-0.15, -0.1) is 11.3 Å². The van der Waals surface area contributed by atoms with E-state index in [1.165, 1.54) is 29.0 Å². The van der Waals surface area contributed by atoms with E-state index < -0.39 is 0 Å². The SMILES string of the molecule is Cc1ccc(C2NC(C(C)C)C(=O)N2CCC2CC2)s1. The Labute approximate surface area is 125 Å². The molecule has 1 N–H and O–H groups in total. The third-order valence-corrected chi connectivity index (χ3v) is 5.42. The Morgan fingerprint density at radius 1 is 1.40 bits per heavy atom. The lowest BCUT2D eigenvalue weighted by molar-refractivity contribution is -0.130. The van der Waals surface area contributed by atoms with E-state index >= 15 is 0 Å². The second-order valence-corrected chi connectivity index (χ2v) is 7.82. The molecule has 110 valence electrons. The van der Waals surface area contributed by atoms with Gasteiger partial charge in [0.15, 0.2) is 0 Å². The molecule has 0 radical (unpaired) electrons. The highest BCUT2D eigenvalue weighted by Gasteiger charge is 2.41. The molecule has 0 aromatic carbocycles. The second-order valence-electron chi connectivity index (χ2n) is 6.50. The Bertz CT molecular complexity index is 492. The van der Waals surface area contributed by atoms with Crippen molar-refractivity contribution in [2.45, 2.75) is 52.2 Å². The van der Waals surface area contributed by atoms with Crippen LogP contribution in [0.2, 0.25) is 0 Å². The Morgan fingerprint density at radius 2 is 2.15 bits per heavy atom. The maximum Gasteiger partial charge on any atom is 0.241 e. The van der Waals surface area contributed by atoms with Crippen LogP contribution in [0.1, 0.15) is 49.0 Å². The van der Waals surface area contributed by atoms with Crippen LogP contribution in [0.15, 0.2) is 12.1 Å². The van der Waals surface area contributed by atoms with Crippen LogP contribution in [0.25, 0.3) is 0 Å². The summed E-state index contributed by atoms with van der Waals surface area (Å²) in [6.45, 7) is 7.27. The van der Waals surface area contributed by atoms with Gasteiger partial charge in [0.25, 0.3) is 0 Å². The third kappa shape index (κ3) is 2.77. The van der Waals surface area contributed by atoms with E-state index in [2.05, 4.69) is 43.1 Å². The molecule has 2 atom stereocenters. The van der Waals surface area contributed by atoms with Gasteiger partial charge in [-0.2, -0.15) is 0 Å². The molecule has 1 aromatic rings. The molecule has 2 aliphatic rings. The van der Waals surface area contributed by atoms with E-state index in [9.17, 15) is 4.79 Å². The van der Waals surface area contributed by atoms with Crippen molar-refractivity contribution < 1.29 is 4.79 Å². The van der Waals surface area contributed by atoms with Gasteiger partial charge in [-0.3, -0.25) is 10.1 Å². The number of aryl methyl sites for hydroxylation is 1. The fraction of sp³-hybridized carbons (Fsp3) is 0.688. The van der Waals surface area contributed by atoms with Gasteiger partial charge in [-0.05, 0) is 37.3 Å². The number of nitrogens with one attached hydrogen (secondary N) is 1. The van der Waals surface area contributed by atoms with E-state index in [0.29, 0.717) is 5.92 Å². The molecule has 1 aliphatic heterocycles. The van der Waals surface area contributed by atoms with Crippen LogP contribution in [-0.2, 0) is 4.79 Å². The highest BCUT2D eigenvalue weighted by molar-refractivity contribution is 7.12. The molecular formula is C16H24N2OS. The predicted octanol–water partition coefficient (Wildman–Crippen LogP) is 3.31. The quantitative estimate of drug-likeness (QED) is 0.903. The third-order valence-electron chi connectivity index (χ3n) is 4.37. The van der Waals surface area contributed by atoms with Gasteiger partial charge in [0.2, 0.25) is 5.91 Å². The van der Waals surface area contributed by atoms with Crippen molar-refractivity contribution in [3.63, 3.8) is 0 Å². The molecule has 3 rings (SSSR count). The van der Waals surface area contributed by atoms with E-state index in [1.54, 1.807) is 11.3 Å². The molecule has 20 heavy (non-hydrogen) atoms. The molecule has 0 bridgehead atoms. The van der Waals surface area contributed by atoms with Crippen molar-refractivity contribution in [2.24, 2.45) is 11.8 Å². The standard InChI is InChI=1S/C16H24N2OS/c1-10(2)14-16(19)18(9-8-12-5-6-12)15(17-14)13-7-4-11(3)20-13/h4,7,10,12,14-15,17H,5-6,8-9H2,1-3H3. The van der Waals surface area contributed by atoms with E-state index in [4.69, 9.17) is 0 Å². The van der Waals surface area contributed by atoms with Crippen LogP contribution in [-0.4, -0.2) is 23.4 Å². The van der Waals surface area contributed by atoms with Gasteiger partial charge >= 0.3 is 0 Å². The van der Waals surface area contributed by atoms with Crippen molar-refractivity contribution in [1.29, 1.82) is 0 Å². The second kappa shape index (κ2) is 5.49. The zero-order valence-corrected chi connectivity index (χ0v) is 13.4. The monoisotopic (exact) mass is 292 g/mol. The molecule has 2 unspecified atom stereocenters. The molecule has 0 spiro atoms. The van der Waals surface area contributed by atoms with Crippen molar-refractivity contribution in [3.8, 4) is 0 Å². The Kier molecular flexibility index (Phi) is 3.87. The zero-order chi connectivity index (χ0) is 14.3. The van der Waals surface area contributed by atoms with Crippen molar-refractivity contribution in [3.05, 3.63) is 21.9 Å². The zero-order valence-electron chi connectivity index (χ0n) is 12.6. The van der Waals surface area contributed by atoms with Crippen LogP contribution < -0.4 is 5.32 Å². The number of nitrogens with zero attached hydrogens (tertiary/aromatic N) is 1. The summed E-state index contributed by atoms with van der Waals surface area (Å²) in [5, 5.41) is 3.55. The number of amides is 1. The summed E-state index contributed by atoms with van der Waals surface area (Å²) in [5.41, 5.74) is 0. The molecular weight excluding hydrogens is 268 g/mol. The lowest BCUT2D eigenvalue weighted by atomic mass is 10.1. The summed E-state index contributed by atoms with van der Waals surface area (Å²) in [4.78, 5) is 17.3. The Morgan fingerprint density at radius 3 is 2.70 bits per heavy atom. The molecule has 1 aromatic heterocycles. The molecule has 3 nitrogen and oxygen atoms in total. The van der Waals surface area contributed by atoms with Gasteiger partial charge in [0.1, 0.15) is 6.17 Å². The van der Waals surface area contributed by atoms with Crippen molar-refractivity contribution in [2.75, 3.05) is 6.54 Å². The average Bonchev–Trinajstić information content (AvgIpc) is 3.03. The van der Waals surface area contributed by atoms with E-state index in [-0.39, 0.29) is 18.1 Å². The first kappa shape index (κ1) is 14.1. The molecule has 2 heterocycles. The predicted molar refractivity (Wildman–Crippen MR) is 82.6 cm³/mol. The van der Waals surface area contributed by atoms with Crippen LogP contribution >= 0.6 is 11.3 Å². The smallest absolute Gasteiger partial charge is 0.241 e. The molecule has 4 heteroatoms. The van der Waals surface area contributed by atoms with Gasteiger partial charge in [-0.1, -0.05) is 26.7 Å². The average molecular weight is 292 g/mol. The highest BCUT2D eigenvalue weighted by Crippen LogP contribution is 2.36. The van der Waals surface area contributed by atoms with E-state index in [0.717, 1.165) is 12.5 Å². The normalized spacial score (nSPS) is 26.8. The Balaban J connectivity index is 1.78. The molecule has 1 aliphatic carbocycles. The summed E-state index contributed by atoms with van der Waals surface area (Å²) < 4.78 is 0. The first-order valence-corrected chi connectivity index (χ1v) is 8.51. The lowest BCUT2D eigenvalue weighted by Gasteiger charge is -2.23. The lowest BCUT2D eigenvalue weighted by Crippen LogP contribution is -2.35. The van der Waals surface area contributed by atoms with E-state index in [1.807, 2.05) is 0 Å². The minimum absolute atomic E-state index is 0.0263. The Hall–Kier alpha value is -0.870. The van der Waals surface area contributed by atoms with Gasteiger partial charge in [0.05, 0.1) is 6.04 Å². The summed E-state index contributed by atoms with van der Waals surface area (Å²) in [7, 11) is 0. The topological polar surface area (TPSA) is 32.3 Å². The van der Waals surface area contributed by atoms with Crippen molar-refractivity contribution in [1.82, 2.24) is 10.2 Å². The van der Waals surface area contributed by atoms with Gasteiger partial charge in [0, 0.05) is 16.3 Å². The van der Waals surface area contributed by atoms with Crippen LogP contribution in [0.3, 0.4) is 0 Å². The minimum Gasteiger partial charge on any atom is -0.321 e. The van der Waals surface area contributed by atoms with Gasteiger partial charge < -0.3 is 4.90 Å². The number of hydrogen-bond donors (Lipinski definition) is 1. The van der Waals surface area contributed by atoms with Crippen molar-refractivity contribution >= 4 is 17.2 Å². The molecule has 1 amide bonds.